The van der Waals surface area contributed by atoms with Crippen LogP contribution in [0.2, 0.25) is 0 Å². The van der Waals surface area contributed by atoms with E-state index in [1.165, 1.54) is 5.69 Å². The average molecular weight is 340 g/mol. The number of nitrogens with zero attached hydrogens (tertiary/aromatic N) is 4. The zero-order chi connectivity index (χ0) is 17.1. The number of hydrogen-bond acceptors (Lipinski definition) is 6. The Bertz CT molecular complexity index is 690. The maximum Gasteiger partial charge on any atom is 0.225 e. The summed E-state index contributed by atoms with van der Waals surface area (Å²) in [6.07, 6.45) is 5.79. The maximum absolute atomic E-state index is 6.29. The Kier molecular flexibility index (Phi) is 4.44. The molecule has 2 aliphatic rings. The van der Waals surface area contributed by atoms with Crippen molar-refractivity contribution in [2.75, 3.05) is 49.7 Å². The molecule has 25 heavy (non-hydrogen) atoms. The van der Waals surface area contributed by atoms with Crippen molar-refractivity contribution in [3.05, 3.63) is 42.7 Å². The summed E-state index contributed by atoms with van der Waals surface area (Å²) in [5.41, 5.74) is 1.06. The van der Waals surface area contributed by atoms with Gasteiger partial charge in [0.25, 0.3) is 0 Å². The average Bonchev–Trinajstić information content (AvgIpc) is 2.69. The lowest BCUT2D eigenvalue weighted by Gasteiger charge is -2.48. The first-order valence-corrected chi connectivity index (χ1v) is 8.83. The number of morpholine rings is 1. The SMILES string of the molecule is COc1ccc(N2CCC[C@]3(C2)CN(c2ncccn2)CCO3)cc1. The van der Waals surface area contributed by atoms with Crippen molar-refractivity contribution in [3.8, 4) is 5.75 Å². The molecule has 2 aromatic rings. The number of methoxy groups -OCH3 is 1. The van der Waals surface area contributed by atoms with Crippen molar-refractivity contribution in [2.45, 2.75) is 18.4 Å². The van der Waals surface area contributed by atoms with E-state index in [1.807, 2.05) is 18.2 Å². The lowest BCUT2D eigenvalue weighted by atomic mass is 9.90. The van der Waals surface area contributed by atoms with Crippen LogP contribution in [0.4, 0.5) is 11.6 Å². The van der Waals surface area contributed by atoms with Gasteiger partial charge in [0.2, 0.25) is 5.95 Å². The predicted molar refractivity (Wildman–Crippen MR) is 97.4 cm³/mol. The number of aromatic nitrogens is 2. The minimum absolute atomic E-state index is 0.157. The van der Waals surface area contributed by atoms with Crippen LogP contribution in [0.5, 0.6) is 5.75 Å². The van der Waals surface area contributed by atoms with E-state index in [0.29, 0.717) is 6.61 Å². The highest BCUT2D eigenvalue weighted by atomic mass is 16.5. The molecule has 1 aromatic carbocycles. The molecule has 0 radical (unpaired) electrons. The van der Waals surface area contributed by atoms with Gasteiger partial charge in [-0.3, -0.25) is 0 Å². The number of piperidine rings is 1. The van der Waals surface area contributed by atoms with Gasteiger partial charge >= 0.3 is 0 Å². The molecule has 4 rings (SSSR count). The van der Waals surface area contributed by atoms with Crippen LogP contribution in [0.1, 0.15) is 12.8 Å². The van der Waals surface area contributed by atoms with Crippen LogP contribution in [-0.2, 0) is 4.74 Å². The Hall–Kier alpha value is -2.34. The minimum atomic E-state index is -0.157. The van der Waals surface area contributed by atoms with E-state index in [4.69, 9.17) is 9.47 Å². The molecule has 1 spiro atoms. The molecule has 6 heteroatoms. The lowest BCUT2D eigenvalue weighted by Crippen LogP contribution is -2.60. The molecule has 2 saturated heterocycles. The lowest BCUT2D eigenvalue weighted by molar-refractivity contribution is -0.0632. The molecular formula is C19H24N4O2. The zero-order valence-electron chi connectivity index (χ0n) is 14.6. The number of hydrogen-bond donors (Lipinski definition) is 0. The van der Waals surface area contributed by atoms with Gasteiger partial charge in [0.15, 0.2) is 0 Å². The van der Waals surface area contributed by atoms with E-state index in [1.54, 1.807) is 19.5 Å². The Morgan fingerprint density at radius 2 is 1.80 bits per heavy atom. The quantitative estimate of drug-likeness (QED) is 0.855. The van der Waals surface area contributed by atoms with Crippen molar-refractivity contribution in [1.82, 2.24) is 9.97 Å². The second kappa shape index (κ2) is 6.88. The maximum atomic E-state index is 6.29. The number of ether oxygens (including phenoxy) is 2. The molecule has 6 nitrogen and oxygen atoms in total. The molecule has 0 bridgehead atoms. The number of anilines is 2. The molecule has 1 aromatic heterocycles. The summed E-state index contributed by atoms with van der Waals surface area (Å²) in [6.45, 7) is 4.34. The Morgan fingerprint density at radius 1 is 1.04 bits per heavy atom. The zero-order valence-corrected chi connectivity index (χ0v) is 14.6. The van der Waals surface area contributed by atoms with E-state index in [-0.39, 0.29) is 5.60 Å². The third kappa shape index (κ3) is 3.39. The van der Waals surface area contributed by atoms with E-state index in [9.17, 15) is 0 Å². The second-order valence-electron chi connectivity index (χ2n) is 6.72. The summed E-state index contributed by atoms with van der Waals surface area (Å²) in [7, 11) is 1.70. The van der Waals surface area contributed by atoms with Crippen LogP contribution in [0, 0.1) is 0 Å². The topological polar surface area (TPSA) is 50.7 Å². The molecule has 0 aliphatic carbocycles. The molecule has 132 valence electrons. The Labute approximate surface area is 148 Å². The number of rotatable bonds is 3. The largest absolute Gasteiger partial charge is 0.497 e. The molecule has 0 unspecified atom stereocenters. The summed E-state index contributed by atoms with van der Waals surface area (Å²) >= 11 is 0. The molecule has 0 N–H and O–H groups in total. The highest BCUT2D eigenvalue weighted by Crippen LogP contribution is 2.33. The van der Waals surface area contributed by atoms with Gasteiger partial charge in [0.05, 0.1) is 20.3 Å². The van der Waals surface area contributed by atoms with E-state index < -0.39 is 0 Å². The fourth-order valence-electron chi connectivity index (χ4n) is 3.83. The highest BCUT2D eigenvalue weighted by Gasteiger charge is 2.41. The predicted octanol–water partition coefficient (Wildman–Crippen LogP) is 2.36. The first-order chi connectivity index (χ1) is 12.3. The Morgan fingerprint density at radius 3 is 2.56 bits per heavy atom. The van der Waals surface area contributed by atoms with Crippen LogP contribution in [0.3, 0.4) is 0 Å². The fraction of sp³-hybridized carbons (Fsp3) is 0.474. The summed E-state index contributed by atoms with van der Waals surface area (Å²) in [4.78, 5) is 13.5. The van der Waals surface area contributed by atoms with Crippen LogP contribution >= 0.6 is 0 Å². The first kappa shape index (κ1) is 16.1. The number of benzene rings is 1. The molecule has 2 aliphatic heterocycles. The third-order valence-electron chi connectivity index (χ3n) is 5.06. The standard InChI is InChI=1S/C19H24N4O2/c1-24-17-6-4-16(5-7-17)22-11-2-8-19(14-22)15-23(12-13-25-19)18-20-9-3-10-21-18/h3-7,9-10H,2,8,11-15H2,1H3/t19-/m0/s1. The minimum Gasteiger partial charge on any atom is -0.497 e. The van der Waals surface area contributed by atoms with Gasteiger partial charge < -0.3 is 19.3 Å². The second-order valence-corrected chi connectivity index (χ2v) is 6.72. The Balaban J connectivity index is 1.50. The smallest absolute Gasteiger partial charge is 0.225 e. The van der Waals surface area contributed by atoms with Crippen molar-refractivity contribution < 1.29 is 9.47 Å². The van der Waals surface area contributed by atoms with Gasteiger partial charge in [0, 0.05) is 37.7 Å². The molecule has 1 atom stereocenters. The van der Waals surface area contributed by atoms with E-state index in [2.05, 4.69) is 31.9 Å². The van der Waals surface area contributed by atoms with Crippen LogP contribution < -0.4 is 14.5 Å². The molecule has 2 fully saturated rings. The monoisotopic (exact) mass is 340 g/mol. The van der Waals surface area contributed by atoms with Gasteiger partial charge in [-0.25, -0.2) is 9.97 Å². The van der Waals surface area contributed by atoms with Crippen molar-refractivity contribution >= 4 is 11.6 Å². The summed E-state index contributed by atoms with van der Waals surface area (Å²) < 4.78 is 11.6. The van der Waals surface area contributed by atoms with Crippen molar-refractivity contribution in [1.29, 1.82) is 0 Å². The van der Waals surface area contributed by atoms with E-state index in [0.717, 1.165) is 50.7 Å². The first-order valence-electron chi connectivity index (χ1n) is 8.83. The fourth-order valence-corrected chi connectivity index (χ4v) is 3.83. The molecule has 0 saturated carbocycles. The summed E-state index contributed by atoms with van der Waals surface area (Å²) in [5, 5.41) is 0. The van der Waals surface area contributed by atoms with Gasteiger partial charge in [-0.1, -0.05) is 0 Å². The third-order valence-corrected chi connectivity index (χ3v) is 5.06. The van der Waals surface area contributed by atoms with E-state index >= 15 is 0 Å². The van der Waals surface area contributed by atoms with Gasteiger partial charge in [0.1, 0.15) is 11.4 Å². The van der Waals surface area contributed by atoms with Gasteiger partial charge in [-0.05, 0) is 43.2 Å². The van der Waals surface area contributed by atoms with Crippen LogP contribution in [0.15, 0.2) is 42.7 Å². The summed E-state index contributed by atoms with van der Waals surface area (Å²) in [6, 6.07) is 10.1. The molecule has 3 heterocycles. The normalized spacial score (nSPS) is 23.7. The highest BCUT2D eigenvalue weighted by molar-refractivity contribution is 5.50. The molecular weight excluding hydrogens is 316 g/mol. The van der Waals surface area contributed by atoms with Gasteiger partial charge in [-0.2, -0.15) is 0 Å². The van der Waals surface area contributed by atoms with Gasteiger partial charge in [-0.15, -0.1) is 0 Å². The summed E-state index contributed by atoms with van der Waals surface area (Å²) in [5.74, 6) is 1.68. The molecule has 0 amide bonds. The van der Waals surface area contributed by atoms with Crippen molar-refractivity contribution in [3.63, 3.8) is 0 Å². The van der Waals surface area contributed by atoms with Crippen LogP contribution in [-0.4, -0.2) is 55.5 Å². The van der Waals surface area contributed by atoms with Crippen molar-refractivity contribution in [2.24, 2.45) is 0 Å². The van der Waals surface area contributed by atoms with Crippen LogP contribution in [0.25, 0.3) is 0 Å².